The fourth-order valence-corrected chi connectivity index (χ4v) is 5.90. The third-order valence-corrected chi connectivity index (χ3v) is 8.02. The average Bonchev–Trinajstić information content (AvgIpc) is 2.95. The van der Waals surface area contributed by atoms with Crippen LogP contribution in [0, 0.1) is 0 Å². The molecular formula is C31H28Cl2N4. The number of hydrogen-bond donors (Lipinski definition) is 1. The van der Waals surface area contributed by atoms with Crippen molar-refractivity contribution in [3.05, 3.63) is 117 Å². The molecule has 7 rings (SSSR count). The highest BCUT2D eigenvalue weighted by molar-refractivity contribution is 6.36. The zero-order valence-corrected chi connectivity index (χ0v) is 22.1. The number of aromatic nitrogens is 2. The van der Waals surface area contributed by atoms with E-state index in [9.17, 15) is 0 Å². The molecule has 2 aliphatic heterocycles. The van der Waals surface area contributed by atoms with E-state index in [1.807, 2.05) is 42.5 Å². The molecule has 2 aromatic heterocycles. The highest BCUT2D eigenvalue weighted by Crippen LogP contribution is 2.32. The summed E-state index contributed by atoms with van der Waals surface area (Å²) >= 11 is 13.0. The SMILES string of the molecule is Clc1c2c(nc3ccccc13)CCN(Cc1ccccc1)C2.Clc1c2c(nc3ccccc13)CCNC2. The van der Waals surface area contributed by atoms with Crippen LogP contribution in [-0.2, 0) is 32.5 Å². The summed E-state index contributed by atoms with van der Waals surface area (Å²) < 4.78 is 0. The Labute approximate surface area is 227 Å². The summed E-state index contributed by atoms with van der Waals surface area (Å²) in [5.74, 6) is 0. The van der Waals surface area contributed by atoms with Crippen molar-refractivity contribution in [3.8, 4) is 0 Å². The van der Waals surface area contributed by atoms with E-state index >= 15 is 0 Å². The molecule has 0 bridgehead atoms. The van der Waals surface area contributed by atoms with Crippen LogP contribution in [0.2, 0.25) is 10.0 Å². The molecule has 1 N–H and O–H groups in total. The molecule has 2 aliphatic rings. The monoisotopic (exact) mass is 526 g/mol. The van der Waals surface area contributed by atoms with Gasteiger partial charge in [0.1, 0.15) is 0 Å². The molecule has 0 amide bonds. The van der Waals surface area contributed by atoms with E-state index in [4.69, 9.17) is 28.2 Å². The number of pyridine rings is 2. The molecule has 6 heteroatoms. The van der Waals surface area contributed by atoms with Crippen molar-refractivity contribution in [2.75, 3.05) is 13.1 Å². The maximum Gasteiger partial charge on any atom is 0.0720 e. The van der Waals surface area contributed by atoms with E-state index < -0.39 is 0 Å². The smallest absolute Gasteiger partial charge is 0.0720 e. The standard InChI is InChI=1S/C19H17ClN2.C12H11ClN2/c20-19-15-8-4-5-9-17(15)21-18-10-11-22(13-16(18)19)12-14-6-2-1-3-7-14;13-12-8-3-1-2-4-10(8)15-11-5-6-14-7-9(11)12/h1-9H,10-13H2;1-4,14H,5-7H2. The first-order chi connectivity index (χ1) is 18.2. The van der Waals surface area contributed by atoms with Gasteiger partial charge < -0.3 is 5.32 Å². The first-order valence-corrected chi connectivity index (χ1v) is 13.5. The van der Waals surface area contributed by atoms with Gasteiger partial charge in [-0.3, -0.25) is 14.9 Å². The first kappa shape index (κ1) is 24.3. The summed E-state index contributed by atoms with van der Waals surface area (Å²) in [5, 5.41) is 7.18. The van der Waals surface area contributed by atoms with E-state index in [1.165, 1.54) is 16.7 Å². The number of para-hydroxylation sites is 2. The van der Waals surface area contributed by atoms with Crippen molar-refractivity contribution in [3.63, 3.8) is 0 Å². The Hall–Kier alpha value is -3.02. The summed E-state index contributed by atoms with van der Waals surface area (Å²) in [6, 6.07) is 26.8. The number of fused-ring (bicyclic) bond motifs is 4. The van der Waals surface area contributed by atoms with Crippen molar-refractivity contribution in [2.45, 2.75) is 32.5 Å². The molecule has 0 radical (unpaired) electrons. The molecule has 37 heavy (non-hydrogen) atoms. The Morgan fingerprint density at radius 3 is 2.00 bits per heavy atom. The number of rotatable bonds is 2. The van der Waals surface area contributed by atoms with Crippen LogP contribution in [0.1, 0.15) is 28.1 Å². The van der Waals surface area contributed by atoms with Gasteiger partial charge in [0.25, 0.3) is 0 Å². The number of nitrogens with one attached hydrogen (secondary N) is 1. The zero-order chi connectivity index (χ0) is 25.2. The predicted molar refractivity (Wildman–Crippen MR) is 153 cm³/mol. The molecule has 0 saturated carbocycles. The molecular weight excluding hydrogens is 499 g/mol. The van der Waals surface area contributed by atoms with Gasteiger partial charge in [0.15, 0.2) is 0 Å². The molecule has 186 valence electrons. The number of benzene rings is 3. The zero-order valence-electron chi connectivity index (χ0n) is 20.6. The van der Waals surface area contributed by atoms with Crippen LogP contribution in [0.25, 0.3) is 21.8 Å². The maximum absolute atomic E-state index is 6.66. The summed E-state index contributed by atoms with van der Waals surface area (Å²) in [6.45, 7) is 4.70. The second kappa shape index (κ2) is 10.8. The van der Waals surface area contributed by atoms with Gasteiger partial charge in [0.2, 0.25) is 0 Å². The quantitative estimate of drug-likeness (QED) is 0.269. The Balaban J connectivity index is 0.000000146. The second-order valence-electron chi connectivity index (χ2n) is 9.61. The Morgan fingerprint density at radius 2 is 1.30 bits per heavy atom. The van der Waals surface area contributed by atoms with Gasteiger partial charge in [-0.25, -0.2) is 0 Å². The largest absolute Gasteiger partial charge is 0.312 e. The van der Waals surface area contributed by atoms with E-state index in [1.54, 1.807) is 0 Å². The summed E-state index contributed by atoms with van der Waals surface area (Å²) in [5.41, 5.74) is 8.02. The van der Waals surface area contributed by atoms with E-state index in [0.29, 0.717) is 0 Å². The van der Waals surface area contributed by atoms with Crippen LogP contribution < -0.4 is 5.32 Å². The fourth-order valence-electron chi connectivity index (χ4n) is 5.24. The van der Waals surface area contributed by atoms with Gasteiger partial charge in [0.05, 0.1) is 21.1 Å². The van der Waals surface area contributed by atoms with Crippen LogP contribution in [-0.4, -0.2) is 28.0 Å². The molecule has 3 aromatic carbocycles. The van der Waals surface area contributed by atoms with E-state index in [0.717, 1.165) is 88.8 Å². The molecule has 0 spiro atoms. The first-order valence-electron chi connectivity index (χ1n) is 12.8. The minimum Gasteiger partial charge on any atom is -0.312 e. The number of nitrogens with zero attached hydrogens (tertiary/aromatic N) is 3. The summed E-state index contributed by atoms with van der Waals surface area (Å²) in [6.07, 6.45) is 1.94. The van der Waals surface area contributed by atoms with Crippen molar-refractivity contribution in [1.29, 1.82) is 0 Å². The Bertz CT molecular complexity index is 1570. The molecule has 0 fully saturated rings. The normalized spacial score (nSPS) is 15.1. The minimum absolute atomic E-state index is 0.839. The van der Waals surface area contributed by atoms with Crippen molar-refractivity contribution < 1.29 is 0 Å². The van der Waals surface area contributed by atoms with Gasteiger partial charge in [-0.2, -0.15) is 0 Å². The lowest BCUT2D eigenvalue weighted by molar-refractivity contribution is 0.244. The van der Waals surface area contributed by atoms with Crippen molar-refractivity contribution in [1.82, 2.24) is 20.2 Å². The summed E-state index contributed by atoms with van der Waals surface area (Å²) in [7, 11) is 0. The lowest BCUT2D eigenvalue weighted by atomic mass is 10.0. The van der Waals surface area contributed by atoms with Crippen LogP contribution in [0.5, 0.6) is 0 Å². The van der Waals surface area contributed by atoms with Crippen LogP contribution in [0.15, 0.2) is 78.9 Å². The van der Waals surface area contributed by atoms with Gasteiger partial charge in [-0.1, -0.05) is 89.9 Å². The van der Waals surface area contributed by atoms with Gasteiger partial charge >= 0.3 is 0 Å². The topological polar surface area (TPSA) is 41.1 Å². The molecule has 0 saturated heterocycles. The average molecular weight is 527 g/mol. The van der Waals surface area contributed by atoms with Crippen LogP contribution in [0.4, 0.5) is 0 Å². The van der Waals surface area contributed by atoms with Crippen LogP contribution >= 0.6 is 23.2 Å². The third-order valence-electron chi connectivity index (χ3n) is 7.15. The fraction of sp³-hybridized carbons (Fsp3) is 0.226. The lowest BCUT2D eigenvalue weighted by Crippen LogP contribution is -2.31. The van der Waals surface area contributed by atoms with Gasteiger partial charge in [-0.15, -0.1) is 0 Å². The molecule has 4 heterocycles. The molecule has 4 nitrogen and oxygen atoms in total. The highest BCUT2D eigenvalue weighted by atomic mass is 35.5. The van der Waals surface area contributed by atoms with Crippen molar-refractivity contribution >= 4 is 45.0 Å². The minimum atomic E-state index is 0.839. The number of hydrogen-bond acceptors (Lipinski definition) is 4. The Kier molecular flexibility index (Phi) is 7.08. The molecule has 5 aromatic rings. The predicted octanol–water partition coefficient (Wildman–Crippen LogP) is 6.98. The highest BCUT2D eigenvalue weighted by Gasteiger charge is 2.22. The van der Waals surface area contributed by atoms with Crippen LogP contribution in [0.3, 0.4) is 0 Å². The molecule has 0 unspecified atom stereocenters. The number of halogens is 2. The van der Waals surface area contributed by atoms with Gasteiger partial charge in [0, 0.05) is 78.9 Å². The molecule has 0 atom stereocenters. The van der Waals surface area contributed by atoms with Gasteiger partial charge in [-0.05, 0) is 17.7 Å². The maximum atomic E-state index is 6.66. The summed E-state index contributed by atoms with van der Waals surface area (Å²) in [4.78, 5) is 11.9. The van der Waals surface area contributed by atoms with Crippen molar-refractivity contribution in [2.24, 2.45) is 0 Å². The Morgan fingerprint density at radius 1 is 0.703 bits per heavy atom. The molecule has 0 aliphatic carbocycles. The third kappa shape index (κ3) is 5.07. The van der Waals surface area contributed by atoms with E-state index in [2.05, 4.69) is 51.6 Å². The lowest BCUT2D eigenvalue weighted by Gasteiger charge is -2.29. The second-order valence-corrected chi connectivity index (χ2v) is 10.4. The van der Waals surface area contributed by atoms with E-state index in [-0.39, 0.29) is 0 Å².